The number of benzene rings is 8. The van der Waals surface area contributed by atoms with Crippen molar-refractivity contribution in [1.82, 2.24) is 18.9 Å². The van der Waals surface area contributed by atoms with Gasteiger partial charge in [-0.25, -0.2) is 9.97 Å². The van der Waals surface area contributed by atoms with Crippen LogP contribution in [0.4, 0.5) is 0 Å². The van der Waals surface area contributed by atoms with Crippen molar-refractivity contribution >= 4 is 49.0 Å². The van der Waals surface area contributed by atoms with Crippen LogP contribution < -0.4 is 0 Å². The molecule has 0 bridgehead atoms. The van der Waals surface area contributed by atoms with Crippen molar-refractivity contribution < 1.29 is 0 Å². The van der Waals surface area contributed by atoms with Crippen LogP contribution in [0.5, 0.6) is 0 Å². The highest BCUT2D eigenvalue weighted by Gasteiger charge is 2.25. The average Bonchev–Trinajstić information content (AvgIpc) is 3.73. The van der Waals surface area contributed by atoms with Gasteiger partial charge in [-0.3, -0.25) is 4.40 Å². The second-order valence-electron chi connectivity index (χ2n) is 14.2. The number of aromatic nitrogens is 4. The van der Waals surface area contributed by atoms with Crippen LogP contribution in [0.25, 0.3) is 111 Å². The molecule has 0 saturated carbocycles. The van der Waals surface area contributed by atoms with Crippen molar-refractivity contribution in [2.45, 2.75) is 0 Å². The fraction of sp³-hybridized carbons (Fsp3) is 0. The summed E-state index contributed by atoms with van der Waals surface area (Å²) < 4.78 is 4.72. The molecule has 3 aromatic heterocycles. The first-order valence-corrected chi connectivity index (χ1v) is 18.4. The third kappa shape index (κ3) is 4.02. The molecule has 54 heavy (non-hydrogen) atoms. The van der Waals surface area contributed by atoms with Gasteiger partial charge in [0.05, 0.1) is 16.7 Å². The Balaban J connectivity index is 1.18. The molecule has 0 fully saturated rings. The molecule has 0 N–H and O–H groups in total. The summed E-state index contributed by atoms with van der Waals surface area (Å²) >= 11 is 0. The molecule has 0 atom stereocenters. The molecule has 3 heterocycles. The average molecular weight is 687 g/mol. The fourth-order valence-electron chi connectivity index (χ4n) is 9.00. The zero-order valence-corrected chi connectivity index (χ0v) is 29.1. The van der Waals surface area contributed by atoms with E-state index in [0.717, 1.165) is 50.3 Å². The summed E-state index contributed by atoms with van der Waals surface area (Å²) in [7, 11) is 0. The van der Waals surface area contributed by atoms with Crippen molar-refractivity contribution in [3.8, 4) is 62.0 Å². The van der Waals surface area contributed by atoms with Gasteiger partial charge in [0.15, 0.2) is 5.82 Å². The summed E-state index contributed by atoms with van der Waals surface area (Å²) in [6.45, 7) is 0. The molecule has 12 rings (SSSR count). The van der Waals surface area contributed by atoms with Crippen molar-refractivity contribution in [2.75, 3.05) is 0 Å². The molecule has 0 amide bonds. The quantitative estimate of drug-likeness (QED) is 0.185. The molecule has 0 saturated heterocycles. The molecular weight excluding hydrogens is 657 g/mol. The first-order chi connectivity index (χ1) is 26.8. The minimum atomic E-state index is 0.702. The van der Waals surface area contributed by atoms with Gasteiger partial charge in [0.1, 0.15) is 11.5 Å². The van der Waals surface area contributed by atoms with Crippen LogP contribution in [0.15, 0.2) is 182 Å². The summed E-state index contributed by atoms with van der Waals surface area (Å²) in [4.78, 5) is 10.7. The molecule has 0 spiro atoms. The number of rotatable bonds is 4. The largest absolute Gasteiger partial charge is 0.309 e. The van der Waals surface area contributed by atoms with Crippen LogP contribution in [-0.4, -0.2) is 18.9 Å². The van der Waals surface area contributed by atoms with Crippen molar-refractivity contribution in [3.05, 3.63) is 182 Å². The van der Waals surface area contributed by atoms with Gasteiger partial charge in [0.2, 0.25) is 0 Å². The lowest BCUT2D eigenvalue weighted by molar-refractivity contribution is 1.05. The predicted octanol–water partition coefficient (Wildman–Crippen LogP) is 12.8. The van der Waals surface area contributed by atoms with Crippen LogP contribution in [0, 0.1) is 0 Å². The van der Waals surface area contributed by atoms with Gasteiger partial charge in [-0.15, -0.1) is 0 Å². The Morgan fingerprint density at radius 2 is 1.00 bits per heavy atom. The first-order valence-electron chi connectivity index (χ1n) is 18.4. The maximum Gasteiger partial charge on any atom is 0.163 e. The van der Waals surface area contributed by atoms with Gasteiger partial charge in [-0.05, 0) is 62.9 Å². The first kappa shape index (κ1) is 29.3. The third-order valence-electron chi connectivity index (χ3n) is 11.2. The zero-order chi connectivity index (χ0) is 35.3. The lowest BCUT2D eigenvalue weighted by Gasteiger charge is -2.15. The predicted molar refractivity (Wildman–Crippen MR) is 223 cm³/mol. The Morgan fingerprint density at radius 1 is 0.389 bits per heavy atom. The summed E-state index contributed by atoms with van der Waals surface area (Å²) in [6, 6.07) is 65.3. The molecule has 4 heteroatoms. The molecule has 0 unspecified atom stereocenters. The van der Waals surface area contributed by atoms with Gasteiger partial charge in [-0.1, -0.05) is 158 Å². The smallest absolute Gasteiger partial charge is 0.163 e. The fourth-order valence-corrected chi connectivity index (χ4v) is 9.00. The standard InChI is InChI=1S/C50H30N4/c1-3-14-32(15-4-1)47-40-23-9-10-24-41(40)50-52-48(33-16-5-2-6-17-33)51-49(54(47)50)34-19-11-20-35(30-34)53-42-27-13-26-39-37-22-8-7-21-36(37)38-25-12-18-31-28-29-43(53)46(44(31)38)45(39)42/h1-30H. The van der Waals surface area contributed by atoms with Gasteiger partial charge in [0.25, 0.3) is 0 Å². The minimum Gasteiger partial charge on any atom is -0.309 e. The van der Waals surface area contributed by atoms with Gasteiger partial charge in [-0.2, -0.15) is 0 Å². The Bertz CT molecular complexity index is 3320. The maximum absolute atomic E-state index is 5.41. The van der Waals surface area contributed by atoms with Crippen molar-refractivity contribution in [3.63, 3.8) is 0 Å². The Morgan fingerprint density at radius 3 is 1.80 bits per heavy atom. The second-order valence-corrected chi connectivity index (χ2v) is 14.2. The van der Waals surface area contributed by atoms with E-state index in [0.29, 0.717) is 5.82 Å². The van der Waals surface area contributed by atoms with Crippen LogP contribution >= 0.6 is 0 Å². The van der Waals surface area contributed by atoms with Crippen molar-refractivity contribution in [1.29, 1.82) is 0 Å². The zero-order valence-electron chi connectivity index (χ0n) is 29.1. The summed E-state index contributed by atoms with van der Waals surface area (Å²) in [5.74, 6) is 1.55. The highest BCUT2D eigenvalue weighted by molar-refractivity contribution is 6.30. The van der Waals surface area contributed by atoms with Crippen LogP contribution in [0.3, 0.4) is 0 Å². The molecular formula is C50H30N4. The molecule has 0 aliphatic heterocycles. The van der Waals surface area contributed by atoms with E-state index in [1.165, 1.54) is 54.8 Å². The van der Waals surface area contributed by atoms with E-state index < -0.39 is 0 Å². The van der Waals surface area contributed by atoms with E-state index in [1.807, 2.05) is 18.2 Å². The normalized spacial score (nSPS) is 12.1. The highest BCUT2D eigenvalue weighted by Crippen LogP contribution is 2.49. The maximum atomic E-state index is 5.41. The molecule has 0 radical (unpaired) electrons. The minimum absolute atomic E-state index is 0.702. The lowest BCUT2D eigenvalue weighted by Crippen LogP contribution is -2.03. The summed E-state index contributed by atoms with van der Waals surface area (Å²) in [6.07, 6.45) is 0. The number of hydrogen-bond acceptors (Lipinski definition) is 2. The van der Waals surface area contributed by atoms with Crippen LogP contribution in [0.1, 0.15) is 0 Å². The number of nitrogens with zero attached hydrogens (tertiary/aromatic N) is 4. The Kier molecular flexibility index (Phi) is 6.02. The van der Waals surface area contributed by atoms with E-state index in [-0.39, 0.29) is 0 Å². The monoisotopic (exact) mass is 686 g/mol. The second kappa shape index (κ2) is 11.1. The number of fused-ring (bicyclic) bond motifs is 6. The van der Waals surface area contributed by atoms with E-state index in [2.05, 4.69) is 173 Å². The molecule has 1 aliphatic rings. The Hall–Kier alpha value is -7.30. The molecule has 4 nitrogen and oxygen atoms in total. The van der Waals surface area contributed by atoms with E-state index >= 15 is 0 Å². The summed E-state index contributed by atoms with van der Waals surface area (Å²) in [5, 5.41) is 7.40. The number of hydrogen-bond donors (Lipinski definition) is 0. The highest BCUT2D eigenvalue weighted by atomic mass is 15.1. The van der Waals surface area contributed by atoms with E-state index in [4.69, 9.17) is 9.97 Å². The molecule has 1 aliphatic carbocycles. The molecule has 8 aromatic carbocycles. The third-order valence-corrected chi connectivity index (χ3v) is 11.2. The molecule has 11 aromatic rings. The van der Waals surface area contributed by atoms with Gasteiger partial charge < -0.3 is 4.57 Å². The van der Waals surface area contributed by atoms with E-state index in [1.54, 1.807) is 0 Å². The van der Waals surface area contributed by atoms with Crippen molar-refractivity contribution in [2.24, 2.45) is 0 Å². The summed E-state index contributed by atoms with van der Waals surface area (Å²) in [5.41, 5.74) is 13.7. The lowest BCUT2D eigenvalue weighted by atomic mass is 9.93. The SMILES string of the molecule is c1ccc(-c2nc(-c3cccc(-n4c5cccc6c5c5c7c(cccc7ccc54)-c4ccccc4-6)c3)n3c(-c4ccccc4)c4ccccc4c3n2)cc1. The van der Waals surface area contributed by atoms with Gasteiger partial charge >= 0.3 is 0 Å². The van der Waals surface area contributed by atoms with E-state index in [9.17, 15) is 0 Å². The van der Waals surface area contributed by atoms with Crippen LogP contribution in [0.2, 0.25) is 0 Å². The Labute approximate surface area is 310 Å². The van der Waals surface area contributed by atoms with Crippen LogP contribution in [-0.2, 0) is 0 Å². The van der Waals surface area contributed by atoms with Gasteiger partial charge in [0, 0.05) is 38.4 Å². The molecule has 250 valence electrons. The topological polar surface area (TPSA) is 35.1 Å².